The van der Waals surface area contributed by atoms with Gasteiger partial charge in [0.25, 0.3) is 0 Å². The van der Waals surface area contributed by atoms with Crippen molar-refractivity contribution < 1.29 is 4.74 Å². The zero-order valence-electron chi connectivity index (χ0n) is 9.79. The third-order valence-electron chi connectivity index (χ3n) is 2.71. The Morgan fingerprint density at radius 1 is 1.29 bits per heavy atom. The van der Waals surface area contributed by atoms with Crippen LogP contribution in [0.25, 0.3) is 0 Å². The molecule has 0 spiro atoms. The molecule has 1 aromatic carbocycles. The Morgan fingerprint density at radius 3 is 2.53 bits per heavy atom. The first kappa shape index (κ1) is 12.5. The topological polar surface area (TPSA) is 24.5 Å². The molecular formula is C13H17BrN2O. The second-order valence-corrected chi connectivity index (χ2v) is 5.16. The van der Waals surface area contributed by atoms with Crippen LogP contribution in [0.3, 0.4) is 0 Å². The number of hydrogen-bond donors (Lipinski definition) is 1. The van der Waals surface area contributed by atoms with Gasteiger partial charge in [-0.05, 0) is 24.3 Å². The summed E-state index contributed by atoms with van der Waals surface area (Å²) in [5.41, 5.74) is 1.26. The molecule has 0 amide bonds. The third kappa shape index (κ3) is 3.75. The molecule has 1 heterocycles. The molecule has 0 saturated carbocycles. The van der Waals surface area contributed by atoms with Crippen LogP contribution in [0.2, 0.25) is 0 Å². The molecular weight excluding hydrogens is 280 g/mol. The van der Waals surface area contributed by atoms with Crippen molar-refractivity contribution in [3.63, 3.8) is 0 Å². The Morgan fingerprint density at radius 2 is 1.94 bits per heavy atom. The lowest BCUT2D eigenvalue weighted by atomic mass is 10.2. The molecule has 17 heavy (non-hydrogen) atoms. The summed E-state index contributed by atoms with van der Waals surface area (Å²) in [7, 11) is 0. The van der Waals surface area contributed by atoms with Gasteiger partial charge in [-0.3, -0.25) is 0 Å². The van der Waals surface area contributed by atoms with Gasteiger partial charge in [0, 0.05) is 36.3 Å². The lowest BCUT2D eigenvalue weighted by Crippen LogP contribution is -2.43. The zero-order valence-corrected chi connectivity index (χ0v) is 11.4. The molecule has 1 aromatic rings. The van der Waals surface area contributed by atoms with Crippen LogP contribution >= 0.6 is 15.9 Å². The van der Waals surface area contributed by atoms with Gasteiger partial charge in [0.1, 0.15) is 12.4 Å². The molecule has 3 nitrogen and oxygen atoms in total. The second kappa shape index (κ2) is 6.07. The van der Waals surface area contributed by atoms with Gasteiger partial charge < -0.3 is 15.0 Å². The Labute approximate surface area is 111 Å². The fourth-order valence-electron chi connectivity index (χ4n) is 1.84. The molecule has 0 bridgehead atoms. The number of halogens is 1. The van der Waals surface area contributed by atoms with Gasteiger partial charge in [0.05, 0.1) is 0 Å². The maximum absolute atomic E-state index is 5.53. The molecule has 0 atom stereocenters. The molecule has 0 unspecified atom stereocenters. The van der Waals surface area contributed by atoms with Gasteiger partial charge in [-0.2, -0.15) is 0 Å². The smallest absolute Gasteiger partial charge is 0.119 e. The van der Waals surface area contributed by atoms with E-state index in [4.69, 9.17) is 4.74 Å². The van der Waals surface area contributed by atoms with E-state index in [2.05, 4.69) is 44.9 Å². The molecule has 0 aliphatic carbocycles. The maximum atomic E-state index is 5.53. The number of nitrogens with zero attached hydrogens (tertiary/aromatic N) is 1. The van der Waals surface area contributed by atoms with Crippen LogP contribution in [0.5, 0.6) is 5.75 Å². The van der Waals surface area contributed by atoms with E-state index >= 15 is 0 Å². The van der Waals surface area contributed by atoms with Gasteiger partial charge in [-0.15, -0.1) is 0 Å². The highest BCUT2D eigenvalue weighted by Crippen LogP contribution is 2.20. The second-order valence-electron chi connectivity index (χ2n) is 4.04. The van der Waals surface area contributed by atoms with Crippen LogP contribution in [-0.2, 0) is 0 Å². The monoisotopic (exact) mass is 296 g/mol. The van der Waals surface area contributed by atoms with E-state index in [1.807, 2.05) is 12.1 Å². The molecule has 4 heteroatoms. The Kier molecular flexibility index (Phi) is 4.45. The van der Waals surface area contributed by atoms with Crippen LogP contribution in [0.1, 0.15) is 0 Å². The molecule has 1 aliphatic rings. The summed E-state index contributed by atoms with van der Waals surface area (Å²) in [6.07, 6.45) is 0. The van der Waals surface area contributed by atoms with E-state index in [-0.39, 0.29) is 0 Å². The number of piperazine rings is 1. The highest BCUT2D eigenvalue weighted by Gasteiger charge is 2.09. The van der Waals surface area contributed by atoms with Gasteiger partial charge in [0.15, 0.2) is 0 Å². The largest absolute Gasteiger partial charge is 0.488 e. The molecule has 0 radical (unpaired) electrons. The van der Waals surface area contributed by atoms with E-state index in [0.29, 0.717) is 6.61 Å². The van der Waals surface area contributed by atoms with Crippen LogP contribution in [0, 0.1) is 0 Å². The summed E-state index contributed by atoms with van der Waals surface area (Å²) in [5, 5.41) is 3.35. The first-order valence-electron chi connectivity index (χ1n) is 5.77. The van der Waals surface area contributed by atoms with Gasteiger partial charge >= 0.3 is 0 Å². The van der Waals surface area contributed by atoms with E-state index in [1.54, 1.807) is 0 Å². The minimum Gasteiger partial charge on any atom is -0.488 e. The van der Waals surface area contributed by atoms with Crippen LogP contribution in [0.4, 0.5) is 5.69 Å². The van der Waals surface area contributed by atoms with Crippen LogP contribution in [-0.4, -0.2) is 32.8 Å². The standard InChI is InChI=1S/C13H17BrN2O/c1-11(14)10-17-13-4-2-12(3-5-13)16-8-6-15-7-9-16/h2-5,15H,1,6-10H2. The van der Waals surface area contributed by atoms with Crippen molar-refractivity contribution in [3.8, 4) is 5.75 Å². The summed E-state index contributed by atoms with van der Waals surface area (Å²) >= 11 is 3.27. The molecule has 1 saturated heterocycles. The van der Waals surface area contributed by atoms with E-state index < -0.39 is 0 Å². The number of hydrogen-bond acceptors (Lipinski definition) is 3. The normalized spacial score (nSPS) is 15.7. The fraction of sp³-hybridized carbons (Fsp3) is 0.385. The number of benzene rings is 1. The fourth-order valence-corrected chi connectivity index (χ4v) is 1.95. The highest BCUT2D eigenvalue weighted by atomic mass is 79.9. The summed E-state index contributed by atoms with van der Waals surface area (Å²) in [6.45, 7) is 8.49. The lowest BCUT2D eigenvalue weighted by molar-refractivity contribution is 0.361. The van der Waals surface area contributed by atoms with Crippen molar-refractivity contribution in [2.75, 3.05) is 37.7 Å². The first-order chi connectivity index (χ1) is 8.25. The summed E-state index contributed by atoms with van der Waals surface area (Å²) in [6, 6.07) is 8.23. The molecule has 2 rings (SSSR count). The maximum Gasteiger partial charge on any atom is 0.119 e. The van der Waals surface area contributed by atoms with Gasteiger partial charge in [-0.1, -0.05) is 22.5 Å². The molecule has 1 aliphatic heterocycles. The van der Waals surface area contributed by atoms with Crippen LogP contribution in [0.15, 0.2) is 35.3 Å². The third-order valence-corrected chi connectivity index (χ3v) is 2.94. The zero-order chi connectivity index (χ0) is 12.1. The average molecular weight is 297 g/mol. The van der Waals surface area contributed by atoms with Crippen molar-refractivity contribution in [1.29, 1.82) is 0 Å². The number of rotatable bonds is 4. The summed E-state index contributed by atoms with van der Waals surface area (Å²) in [5.74, 6) is 0.879. The minimum atomic E-state index is 0.507. The van der Waals surface area contributed by atoms with Crippen molar-refractivity contribution in [3.05, 3.63) is 35.3 Å². The number of ether oxygens (including phenoxy) is 1. The minimum absolute atomic E-state index is 0.507. The quantitative estimate of drug-likeness (QED) is 0.923. The van der Waals surface area contributed by atoms with Crippen molar-refractivity contribution in [2.45, 2.75) is 0 Å². The Bertz CT molecular complexity index is 372. The summed E-state index contributed by atoms with van der Waals surface area (Å²) in [4.78, 5) is 2.38. The number of nitrogens with one attached hydrogen (secondary N) is 1. The van der Waals surface area contributed by atoms with Crippen molar-refractivity contribution in [1.82, 2.24) is 5.32 Å². The first-order valence-corrected chi connectivity index (χ1v) is 6.57. The van der Waals surface area contributed by atoms with Gasteiger partial charge in [-0.25, -0.2) is 0 Å². The predicted octanol–water partition coefficient (Wildman–Crippen LogP) is 2.38. The molecule has 1 N–H and O–H groups in total. The molecule has 92 valence electrons. The van der Waals surface area contributed by atoms with Gasteiger partial charge in [0.2, 0.25) is 0 Å². The highest BCUT2D eigenvalue weighted by molar-refractivity contribution is 9.11. The molecule has 0 aromatic heterocycles. The Hall–Kier alpha value is -1.00. The predicted molar refractivity (Wildman–Crippen MR) is 75.1 cm³/mol. The lowest BCUT2D eigenvalue weighted by Gasteiger charge is -2.29. The Balaban J connectivity index is 1.94. The number of anilines is 1. The van der Waals surface area contributed by atoms with E-state index in [9.17, 15) is 0 Å². The van der Waals surface area contributed by atoms with E-state index in [0.717, 1.165) is 36.4 Å². The molecule has 1 fully saturated rings. The summed E-state index contributed by atoms with van der Waals surface area (Å²) < 4.78 is 6.38. The van der Waals surface area contributed by atoms with E-state index in [1.165, 1.54) is 5.69 Å². The average Bonchev–Trinajstić information content (AvgIpc) is 2.38. The van der Waals surface area contributed by atoms with Crippen molar-refractivity contribution >= 4 is 21.6 Å². The van der Waals surface area contributed by atoms with Crippen molar-refractivity contribution in [2.24, 2.45) is 0 Å². The van der Waals surface area contributed by atoms with Crippen LogP contribution < -0.4 is 15.0 Å². The SMILES string of the molecule is C=C(Br)COc1ccc(N2CCNCC2)cc1.